The van der Waals surface area contributed by atoms with Gasteiger partial charge in [0.05, 0.1) is 25.9 Å². The lowest BCUT2D eigenvalue weighted by Crippen LogP contribution is -2.43. The predicted molar refractivity (Wildman–Crippen MR) is 155 cm³/mol. The number of carbonyl (C=O) groups excluding carboxylic acids is 1. The maximum atomic E-state index is 15.3. The summed E-state index contributed by atoms with van der Waals surface area (Å²) in [5.41, 5.74) is 6.46. The van der Waals surface area contributed by atoms with E-state index < -0.39 is 16.1 Å². The molecule has 0 amide bonds. The van der Waals surface area contributed by atoms with Crippen LogP contribution in [-0.4, -0.2) is 46.5 Å². The summed E-state index contributed by atoms with van der Waals surface area (Å²) >= 11 is 0. The number of sulfonamides is 1. The first-order valence-electron chi connectivity index (χ1n) is 14.2. The molecule has 1 aliphatic carbocycles. The third kappa shape index (κ3) is 5.57. The predicted octanol–water partition coefficient (Wildman–Crippen LogP) is 5.29. The van der Waals surface area contributed by atoms with Gasteiger partial charge in [-0.1, -0.05) is 12.1 Å². The molecule has 2 unspecified atom stereocenters. The molecule has 1 N–H and O–H groups in total. The molecule has 0 bridgehead atoms. The Morgan fingerprint density at radius 3 is 2.55 bits per heavy atom. The quantitative estimate of drug-likeness (QED) is 0.371. The average Bonchev–Trinajstić information content (AvgIpc) is 3.55. The van der Waals surface area contributed by atoms with Gasteiger partial charge in [0.25, 0.3) is 0 Å². The Labute approximate surface area is 245 Å². The van der Waals surface area contributed by atoms with Crippen molar-refractivity contribution in [2.75, 3.05) is 26.0 Å². The molecule has 1 fully saturated rings. The van der Waals surface area contributed by atoms with Crippen LogP contribution in [0.2, 0.25) is 0 Å². The first kappa shape index (κ1) is 28.5. The highest BCUT2D eigenvalue weighted by Gasteiger charge is 2.32. The van der Waals surface area contributed by atoms with Gasteiger partial charge >= 0.3 is 5.97 Å². The molecule has 1 saturated heterocycles. The molecule has 10 heteroatoms. The number of hydrogen-bond acceptors (Lipinski definition) is 7. The topological polar surface area (TPSA) is 100 Å². The standard InChI is InChI=1S/C32H34FNO7S/c1-18-12-23(40-22-10-11-42(36,37)34-16-22)13-19(2)31(18)25-6-8-27(33)32-26(25)7-9-28(32)41-21-4-5-24-20(14-30(35)38-3)17-39-29(24)15-21/h4-6,8,12-13,15,20,22,28,34H,7,9-11,14,16-17H2,1-3H3/t20-,22?,28?/m1/s1. The van der Waals surface area contributed by atoms with Crippen molar-refractivity contribution < 1.29 is 36.6 Å². The Kier molecular flexibility index (Phi) is 7.61. The zero-order valence-corrected chi connectivity index (χ0v) is 24.7. The molecule has 3 atom stereocenters. The van der Waals surface area contributed by atoms with Gasteiger partial charge in [0.1, 0.15) is 35.3 Å². The number of halogens is 1. The molecule has 6 rings (SSSR count). The summed E-state index contributed by atoms with van der Waals surface area (Å²) in [6, 6.07) is 12.8. The lowest BCUT2D eigenvalue weighted by Gasteiger charge is -2.25. The zero-order chi connectivity index (χ0) is 29.6. The molecule has 0 saturated carbocycles. The molecule has 3 aliphatic rings. The van der Waals surface area contributed by atoms with Crippen LogP contribution in [-0.2, 0) is 26.0 Å². The fourth-order valence-corrected chi connectivity index (χ4v) is 7.52. The van der Waals surface area contributed by atoms with Gasteiger partial charge in [0, 0.05) is 36.1 Å². The summed E-state index contributed by atoms with van der Waals surface area (Å²) in [6.07, 6.45) is 1.34. The summed E-state index contributed by atoms with van der Waals surface area (Å²) < 4.78 is 64.3. The van der Waals surface area contributed by atoms with E-state index in [1.807, 2.05) is 50.2 Å². The number of hydrogen-bond donors (Lipinski definition) is 1. The third-order valence-electron chi connectivity index (χ3n) is 8.38. The molecular formula is C32H34FNO7S. The highest BCUT2D eigenvalue weighted by Crippen LogP contribution is 2.45. The molecule has 42 heavy (non-hydrogen) atoms. The Hall–Kier alpha value is -3.63. The smallest absolute Gasteiger partial charge is 0.306 e. The molecule has 0 radical (unpaired) electrons. The monoisotopic (exact) mass is 595 g/mol. The van der Waals surface area contributed by atoms with Crippen LogP contribution in [0.1, 0.15) is 59.1 Å². The molecular weight excluding hydrogens is 561 g/mol. The number of benzene rings is 3. The lowest BCUT2D eigenvalue weighted by atomic mass is 9.90. The van der Waals surface area contributed by atoms with E-state index in [0.29, 0.717) is 48.7 Å². The molecule has 222 valence electrons. The third-order valence-corrected chi connectivity index (χ3v) is 9.76. The van der Waals surface area contributed by atoms with Gasteiger partial charge in [-0.3, -0.25) is 4.79 Å². The average molecular weight is 596 g/mol. The summed E-state index contributed by atoms with van der Waals surface area (Å²) in [5, 5.41) is 0. The first-order valence-corrected chi connectivity index (χ1v) is 15.8. The van der Waals surface area contributed by atoms with Crippen molar-refractivity contribution >= 4 is 16.0 Å². The van der Waals surface area contributed by atoms with Crippen molar-refractivity contribution in [2.45, 2.75) is 57.7 Å². The number of carbonyl (C=O) groups is 1. The Morgan fingerprint density at radius 2 is 1.83 bits per heavy atom. The summed E-state index contributed by atoms with van der Waals surface area (Å²) in [4.78, 5) is 11.7. The number of fused-ring (bicyclic) bond motifs is 2. The van der Waals surface area contributed by atoms with Crippen molar-refractivity contribution in [3.05, 3.63) is 76.1 Å². The number of esters is 1. The first-order chi connectivity index (χ1) is 20.1. The van der Waals surface area contributed by atoms with Crippen LogP contribution in [0.4, 0.5) is 4.39 Å². The molecule has 3 aromatic rings. The van der Waals surface area contributed by atoms with Crippen LogP contribution >= 0.6 is 0 Å². The van der Waals surface area contributed by atoms with Gasteiger partial charge in [-0.15, -0.1) is 0 Å². The van der Waals surface area contributed by atoms with Gasteiger partial charge < -0.3 is 18.9 Å². The van der Waals surface area contributed by atoms with Crippen LogP contribution in [0, 0.1) is 19.7 Å². The zero-order valence-electron chi connectivity index (χ0n) is 23.9. The van der Waals surface area contributed by atoms with Gasteiger partial charge in [-0.25, -0.2) is 17.5 Å². The molecule has 8 nitrogen and oxygen atoms in total. The van der Waals surface area contributed by atoms with Gasteiger partial charge in [0.2, 0.25) is 10.0 Å². The van der Waals surface area contributed by atoms with E-state index in [9.17, 15) is 13.2 Å². The molecule has 2 aliphatic heterocycles. The minimum atomic E-state index is -3.20. The maximum absolute atomic E-state index is 15.3. The highest BCUT2D eigenvalue weighted by molar-refractivity contribution is 7.89. The minimum absolute atomic E-state index is 0.0487. The van der Waals surface area contributed by atoms with E-state index >= 15 is 4.39 Å². The fourth-order valence-electron chi connectivity index (χ4n) is 6.36. The van der Waals surface area contributed by atoms with Gasteiger partial charge in [-0.05, 0) is 78.8 Å². The van der Waals surface area contributed by atoms with Gasteiger partial charge in [-0.2, -0.15) is 0 Å². The molecule has 0 spiro atoms. The summed E-state index contributed by atoms with van der Waals surface area (Å²) in [7, 11) is -1.83. The van der Waals surface area contributed by atoms with Crippen LogP contribution in [0.5, 0.6) is 17.2 Å². The number of ether oxygens (including phenoxy) is 4. The van der Waals surface area contributed by atoms with Crippen LogP contribution in [0.3, 0.4) is 0 Å². The molecule has 3 aromatic carbocycles. The number of aryl methyl sites for hydroxylation is 2. The minimum Gasteiger partial charge on any atom is -0.492 e. The van der Waals surface area contributed by atoms with Crippen molar-refractivity contribution in [1.82, 2.24) is 4.72 Å². The second-order valence-corrected chi connectivity index (χ2v) is 13.2. The van der Waals surface area contributed by atoms with Crippen molar-refractivity contribution in [3.63, 3.8) is 0 Å². The van der Waals surface area contributed by atoms with Crippen LogP contribution < -0.4 is 18.9 Å². The van der Waals surface area contributed by atoms with E-state index in [-0.39, 0.29) is 42.5 Å². The summed E-state index contributed by atoms with van der Waals surface area (Å²) in [5.74, 6) is 1.37. The van der Waals surface area contributed by atoms with Crippen LogP contribution in [0.15, 0.2) is 42.5 Å². The maximum Gasteiger partial charge on any atom is 0.306 e. The number of nitrogens with one attached hydrogen (secondary N) is 1. The second-order valence-electron chi connectivity index (χ2n) is 11.2. The second kappa shape index (κ2) is 11.2. The summed E-state index contributed by atoms with van der Waals surface area (Å²) in [6.45, 7) is 4.67. The van der Waals surface area contributed by atoms with Crippen molar-refractivity contribution in [2.24, 2.45) is 0 Å². The Morgan fingerprint density at radius 1 is 1.05 bits per heavy atom. The highest BCUT2D eigenvalue weighted by atomic mass is 32.2. The Bertz CT molecular complexity index is 1620. The Balaban J connectivity index is 1.22. The molecule has 0 aromatic heterocycles. The van der Waals surface area contributed by atoms with Gasteiger partial charge in [0.15, 0.2) is 0 Å². The lowest BCUT2D eigenvalue weighted by molar-refractivity contribution is -0.141. The van der Waals surface area contributed by atoms with E-state index in [0.717, 1.165) is 33.4 Å². The van der Waals surface area contributed by atoms with E-state index in [2.05, 4.69) is 4.72 Å². The van der Waals surface area contributed by atoms with E-state index in [1.165, 1.54) is 13.2 Å². The van der Waals surface area contributed by atoms with Crippen LogP contribution in [0.25, 0.3) is 11.1 Å². The molecule has 2 heterocycles. The van der Waals surface area contributed by atoms with Crippen molar-refractivity contribution in [3.8, 4) is 28.4 Å². The van der Waals surface area contributed by atoms with E-state index in [1.54, 1.807) is 0 Å². The number of rotatable bonds is 7. The van der Waals surface area contributed by atoms with E-state index in [4.69, 9.17) is 18.9 Å². The SMILES string of the molecule is COC(=O)C[C@@H]1COc2cc(OC3CCc4c(-c5c(C)cc(OC6CCS(=O)(=O)NC6)cc5C)ccc(F)c43)ccc21. The normalized spacial score (nSPS) is 22.1. The fraction of sp³-hybridized carbons (Fsp3) is 0.406. The largest absolute Gasteiger partial charge is 0.492 e. The van der Waals surface area contributed by atoms with Crippen molar-refractivity contribution in [1.29, 1.82) is 0 Å². The number of methoxy groups -OCH3 is 1.